The average molecular weight is 296 g/mol. The molecule has 1 fully saturated rings. The number of hydrogen-bond donors (Lipinski definition) is 0. The molecule has 110 valence electrons. The van der Waals surface area contributed by atoms with Crippen LogP contribution in [0.4, 0.5) is 0 Å². The zero-order valence-corrected chi connectivity index (χ0v) is 12.5. The summed E-state index contributed by atoms with van der Waals surface area (Å²) in [7, 11) is 0. The lowest BCUT2D eigenvalue weighted by Crippen LogP contribution is -2.25. The molecule has 1 saturated carbocycles. The standard InChI is InChI=1S/C15H23N3OS/c1-18-9-4-6-13(11-18)14-15(17-20-16-14)19-10-3-2-5-12-7-8-12/h6,12H,2-5,7-11H2,1H3/i1D3. The van der Waals surface area contributed by atoms with Crippen LogP contribution in [-0.4, -0.2) is 40.3 Å². The van der Waals surface area contributed by atoms with E-state index in [0.29, 0.717) is 37.7 Å². The summed E-state index contributed by atoms with van der Waals surface area (Å²) in [4.78, 5) is 1.50. The fraction of sp³-hybridized carbons (Fsp3) is 0.733. The van der Waals surface area contributed by atoms with E-state index in [1.54, 1.807) is 0 Å². The molecule has 5 heteroatoms. The van der Waals surface area contributed by atoms with Crippen LogP contribution < -0.4 is 4.74 Å². The first-order chi connectivity index (χ1) is 11.0. The zero-order chi connectivity index (χ0) is 16.3. The molecule has 0 bridgehead atoms. The second-order valence-electron chi connectivity index (χ2n) is 5.65. The molecule has 0 radical (unpaired) electrons. The number of likely N-dealkylation sites (N-methyl/N-ethyl adjacent to an activating group) is 1. The average Bonchev–Trinajstić information content (AvgIpc) is 3.22. The van der Waals surface area contributed by atoms with Crippen LogP contribution in [0.3, 0.4) is 0 Å². The van der Waals surface area contributed by atoms with Crippen LogP contribution in [0.5, 0.6) is 5.88 Å². The van der Waals surface area contributed by atoms with E-state index < -0.39 is 6.98 Å². The van der Waals surface area contributed by atoms with E-state index in [2.05, 4.69) is 14.8 Å². The van der Waals surface area contributed by atoms with Gasteiger partial charge in [0.05, 0.1) is 18.3 Å². The van der Waals surface area contributed by atoms with Crippen LogP contribution in [0.15, 0.2) is 6.08 Å². The van der Waals surface area contributed by atoms with E-state index in [0.717, 1.165) is 29.6 Å². The second-order valence-corrected chi connectivity index (χ2v) is 6.17. The van der Waals surface area contributed by atoms with Crippen molar-refractivity contribution in [1.29, 1.82) is 0 Å². The van der Waals surface area contributed by atoms with E-state index in [1.807, 2.05) is 0 Å². The lowest BCUT2D eigenvalue weighted by atomic mass is 10.1. The van der Waals surface area contributed by atoms with Gasteiger partial charge in [-0.05, 0) is 37.7 Å². The van der Waals surface area contributed by atoms with Gasteiger partial charge in [0.25, 0.3) is 5.88 Å². The predicted octanol–water partition coefficient (Wildman–Crippen LogP) is 3.22. The smallest absolute Gasteiger partial charge is 0.253 e. The SMILES string of the molecule is [2H]C([2H])([2H])N1CCC=C(c2nsnc2OCCCCC2CC2)C1. The van der Waals surface area contributed by atoms with E-state index in [1.165, 1.54) is 30.6 Å². The van der Waals surface area contributed by atoms with Crippen LogP contribution in [-0.2, 0) is 0 Å². The Morgan fingerprint density at radius 1 is 1.45 bits per heavy atom. The highest BCUT2D eigenvalue weighted by atomic mass is 32.1. The molecule has 1 aromatic heterocycles. The van der Waals surface area contributed by atoms with Crippen molar-refractivity contribution in [3.05, 3.63) is 11.8 Å². The summed E-state index contributed by atoms with van der Waals surface area (Å²) in [6.07, 6.45) is 9.11. The van der Waals surface area contributed by atoms with Gasteiger partial charge in [0.2, 0.25) is 0 Å². The molecule has 0 aromatic carbocycles. The van der Waals surface area contributed by atoms with E-state index in [9.17, 15) is 0 Å². The fourth-order valence-electron chi connectivity index (χ4n) is 2.50. The maximum atomic E-state index is 7.56. The van der Waals surface area contributed by atoms with Gasteiger partial charge in [-0.15, -0.1) is 4.37 Å². The summed E-state index contributed by atoms with van der Waals surface area (Å²) in [6, 6.07) is 0. The van der Waals surface area contributed by atoms with Crippen molar-refractivity contribution in [1.82, 2.24) is 13.6 Å². The van der Waals surface area contributed by atoms with Gasteiger partial charge >= 0.3 is 0 Å². The van der Waals surface area contributed by atoms with Crippen LogP contribution in [0.2, 0.25) is 0 Å². The second kappa shape index (κ2) is 6.68. The monoisotopic (exact) mass is 296 g/mol. The minimum Gasteiger partial charge on any atom is -0.475 e. The molecule has 0 N–H and O–H groups in total. The van der Waals surface area contributed by atoms with E-state index in [4.69, 9.17) is 8.85 Å². The van der Waals surface area contributed by atoms with Gasteiger partial charge in [-0.3, -0.25) is 0 Å². The van der Waals surface area contributed by atoms with Gasteiger partial charge in [-0.2, -0.15) is 4.37 Å². The van der Waals surface area contributed by atoms with E-state index >= 15 is 0 Å². The third-order valence-electron chi connectivity index (χ3n) is 3.86. The first-order valence-electron chi connectivity index (χ1n) is 8.94. The minimum atomic E-state index is -2.06. The van der Waals surface area contributed by atoms with E-state index in [-0.39, 0.29) is 0 Å². The van der Waals surface area contributed by atoms with Gasteiger partial charge < -0.3 is 9.64 Å². The van der Waals surface area contributed by atoms with Crippen molar-refractivity contribution >= 4 is 17.3 Å². The molecule has 2 heterocycles. The lowest BCUT2D eigenvalue weighted by Gasteiger charge is -2.22. The Hall–Kier alpha value is -0.940. The molecule has 0 saturated heterocycles. The van der Waals surface area contributed by atoms with Crippen molar-refractivity contribution in [3.8, 4) is 5.88 Å². The molecule has 3 rings (SSSR count). The molecular formula is C15H23N3OS. The quantitative estimate of drug-likeness (QED) is 0.724. The number of rotatable bonds is 7. The molecule has 0 atom stereocenters. The Morgan fingerprint density at radius 2 is 2.40 bits per heavy atom. The first-order valence-corrected chi connectivity index (χ1v) is 8.17. The predicted molar refractivity (Wildman–Crippen MR) is 82.1 cm³/mol. The summed E-state index contributed by atoms with van der Waals surface area (Å²) >= 11 is 1.12. The largest absolute Gasteiger partial charge is 0.475 e. The number of nitrogens with zero attached hydrogens (tertiary/aromatic N) is 3. The third kappa shape index (κ3) is 3.79. The Morgan fingerprint density at radius 3 is 3.25 bits per heavy atom. The summed E-state index contributed by atoms with van der Waals surface area (Å²) < 4.78 is 37.0. The molecular weight excluding hydrogens is 270 g/mol. The summed E-state index contributed by atoms with van der Waals surface area (Å²) in [5.74, 6) is 1.52. The third-order valence-corrected chi connectivity index (χ3v) is 4.37. The molecule has 1 aliphatic heterocycles. The van der Waals surface area contributed by atoms with Crippen molar-refractivity contribution < 1.29 is 8.85 Å². The molecule has 0 amide bonds. The highest BCUT2D eigenvalue weighted by Gasteiger charge is 2.20. The van der Waals surface area contributed by atoms with Crippen molar-refractivity contribution in [3.63, 3.8) is 0 Å². The summed E-state index contributed by atoms with van der Waals surface area (Å²) in [6.45, 7) is -0.483. The van der Waals surface area contributed by atoms with Gasteiger partial charge in [0.15, 0.2) is 0 Å². The maximum Gasteiger partial charge on any atom is 0.253 e. The molecule has 4 nitrogen and oxygen atoms in total. The fourth-order valence-corrected chi connectivity index (χ4v) is 3.03. The zero-order valence-electron chi connectivity index (χ0n) is 14.7. The number of ether oxygens (including phenoxy) is 1. The molecule has 0 unspecified atom stereocenters. The Bertz CT molecular complexity index is 554. The molecule has 1 aliphatic carbocycles. The molecule has 0 spiro atoms. The van der Waals surface area contributed by atoms with Crippen molar-refractivity contribution in [2.75, 3.05) is 26.7 Å². The minimum absolute atomic E-state index is 0.375. The van der Waals surface area contributed by atoms with Crippen LogP contribution in [0.1, 0.15) is 48.3 Å². The van der Waals surface area contributed by atoms with Gasteiger partial charge in [-0.25, -0.2) is 0 Å². The maximum absolute atomic E-state index is 7.56. The Balaban J connectivity index is 1.53. The van der Waals surface area contributed by atoms with Crippen LogP contribution in [0.25, 0.3) is 5.57 Å². The molecule has 1 aromatic rings. The van der Waals surface area contributed by atoms with Gasteiger partial charge in [0, 0.05) is 17.2 Å². The topological polar surface area (TPSA) is 38.2 Å². The lowest BCUT2D eigenvalue weighted by molar-refractivity contribution is 0.293. The Labute approximate surface area is 129 Å². The molecule has 20 heavy (non-hydrogen) atoms. The van der Waals surface area contributed by atoms with Gasteiger partial charge in [-0.1, -0.05) is 25.3 Å². The van der Waals surface area contributed by atoms with Gasteiger partial charge in [0.1, 0.15) is 5.69 Å². The van der Waals surface area contributed by atoms with Crippen LogP contribution >= 0.6 is 11.7 Å². The van der Waals surface area contributed by atoms with Crippen LogP contribution in [0, 0.1) is 5.92 Å². The van der Waals surface area contributed by atoms with Crippen molar-refractivity contribution in [2.24, 2.45) is 5.92 Å². The summed E-state index contributed by atoms with van der Waals surface area (Å²) in [5, 5.41) is 0. The van der Waals surface area contributed by atoms with Crippen molar-refractivity contribution in [2.45, 2.75) is 38.5 Å². The summed E-state index contributed by atoms with van der Waals surface area (Å²) in [5.41, 5.74) is 1.63. The number of hydrogen-bond acceptors (Lipinski definition) is 5. The number of aromatic nitrogens is 2. The first kappa shape index (κ1) is 10.7. The normalized spacial score (nSPS) is 22.8. The number of unbranched alkanes of at least 4 members (excludes halogenated alkanes) is 1. The molecule has 2 aliphatic rings. The highest BCUT2D eigenvalue weighted by Crippen LogP contribution is 2.34. The highest BCUT2D eigenvalue weighted by molar-refractivity contribution is 6.99. The Kier molecular flexibility index (Phi) is 3.58.